The molecule has 0 saturated heterocycles. The van der Waals surface area contributed by atoms with Crippen LogP contribution in [-0.2, 0) is 0 Å². The third-order valence-corrected chi connectivity index (χ3v) is 1.98. The first-order chi connectivity index (χ1) is 7.00. The Bertz CT molecular complexity index is 356. The smallest absolute Gasteiger partial charge is 0.225 e. The van der Waals surface area contributed by atoms with E-state index in [4.69, 9.17) is 18.0 Å². The van der Waals surface area contributed by atoms with Gasteiger partial charge in [-0.1, -0.05) is 12.2 Å². The van der Waals surface area contributed by atoms with Gasteiger partial charge in [0.1, 0.15) is 10.7 Å². The molecule has 0 aromatic carbocycles. The van der Waals surface area contributed by atoms with Crippen LogP contribution in [0.25, 0.3) is 0 Å². The minimum atomic E-state index is -0.438. The number of hydrogen-bond acceptors (Lipinski definition) is 5. The molecule has 1 atom stereocenters. The number of nitrogens with zero attached hydrogens (tertiary/aromatic N) is 3. The summed E-state index contributed by atoms with van der Waals surface area (Å²) >= 11 is 4.82. The van der Waals surface area contributed by atoms with Crippen molar-refractivity contribution in [3.05, 3.63) is 18.0 Å². The van der Waals surface area contributed by atoms with E-state index in [1.165, 1.54) is 0 Å². The Labute approximate surface area is 93.9 Å². The van der Waals surface area contributed by atoms with Crippen molar-refractivity contribution in [2.24, 2.45) is 5.73 Å². The first-order valence-corrected chi connectivity index (χ1v) is 4.93. The predicted octanol–water partition coefficient (Wildman–Crippen LogP) is -0.0722. The van der Waals surface area contributed by atoms with E-state index in [9.17, 15) is 5.11 Å². The lowest BCUT2D eigenvalue weighted by Crippen LogP contribution is -2.29. The second-order valence-electron chi connectivity index (χ2n) is 3.34. The van der Waals surface area contributed by atoms with Gasteiger partial charge in [0, 0.05) is 19.8 Å². The van der Waals surface area contributed by atoms with Gasteiger partial charge in [0.05, 0.1) is 6.10 Å². The molecule has 1 aromatic heterocycles. The summed E-state index contributed by atoms with van der Waals surface area (Å²) in [5.41, 5.74) is 5.99. The van der Waals surface area contributed by atoms with Crippen molar-refractivity contribution in [2.45, 2.75) is 13.0 Å². The first-order valence-electron chi connectivity index (χ1n) is 4.52. The maximum atomic E-state index is 9.21. The van der Waals surface area contributed by atoms with E-state index in [0.717, 1.165) is 0 Å². The third-order valence-electron chi connectivity index (χ3n) is 1.77. The number of hydrogen-bond donors (Lipinski definition) is 2. The highest BCUT2D eigenvalue weighted by atomic mass is 32.1. The quantitative estimate of drug-likeness (QED) is 0.700. The van der Waals surface area contributed by atoms with Crippen molar-refractivity contribution in [1.82, 2.24) is 9.97 Å². The van der Waals surface area contributed by atoms with E-state index in [1.807, 2.05) is 0 Å². The average Bonchev–Trinajstić information content (AvgIpc) is 2.17. The third kappa shape index (κ3) is 3.41. The van der Waals surface area contributed by atoms with Crippen molar-refractivity contribution in [3.63, 3.8) is 0 Å². The number of aromatic nitrogens is 2. The lowest BCUT2D eigenvalue weighted by molar-refractivity contribution is 0.201. The molecule has 5 nitrogen and oxygen atoms in total. The van der Waals surface area contributed by atoms with Crippen LogP contribution in [0.3, 0.4) is 0 Å². The highest BCUT2D eigenvalue weighted by molar-refractivity contribution is 7.80. The number of aliphatic hydroxyl groups is 1. The summed E-state index contributed by atoms with van der Waals surface area (Å²) in [6.07, 6.45) is 1.15. The molecule has 6 heteroatoms. The average molecular weight is 226 g/mol. The van der Waals surface area contributed by atoms with Crippen LogP contribution >= 0.6 is 12.2 Å². The maximum absolute atomic E-state index is 9.21. The molecule has 0 radical (unpaired) electrons. The fourth-order valence-electron chi connectivity index (χ4n) is 1.15. The fourth-order valence-corrected chi connectivity index (χ4v) is 1.26. The standard InChI is InChI=1S/C9H14N4OS/c1-6(14)5-13(2)9-11-4-3-7(12-9)8(10)15/h3-4,6,14H,5H2,1-2H3,(H2,10,15). The molecular formula is C9H14N4OS. The number of thiocarbonyl (C=S) groups is 1. The number of likely N-dealkylation sites (N-methyl/N-ethyl adjacent to an activating group) is 1. The summed E-state index contributed by atoms with van der Waals surface area (Å²) in [6.45, 7) is 2.16. The predicted molar refractivity (Wildman–Crippen MR) is 62.9 cm³/mol. The highest BCUT2D eigenvalue weighted by Gasteiger charge is 2.08. The number of rotatable bonds is 4. The largest absolute Gasteiger partial charge is 0.392 e. The van der Waals surface area contributed by atoms with Gasteiger partial charge in [-0.2, -0.15) is 0 Å². The van der Waals surface area contributed by atoms with Crippen LogP contribution in [0.15, 0.2) is 12.3 Å². The minimum Gasteiger partial charge on any atom is -0.392 e. The summed E-state index contributed by atoms with van der Waals surface area (Å²) < 4.78 is 0. The normalized spacial score (nSPS) is 12.2. The number of aliphatic hydroxyl groups excluding tert-OH is 1. The van der Waals surface area contributed by atoms with Gasteiger partial charge in [0.2, 0.25) is 5.95 Å². The second-order valence-corrected chi connectivity index (χ2v) is 3.78. The zero-order valence-electron chi connectivity index (χ0n) is 8.71. The molecule has 1 unspecified atom stereocenters. The summed E-state index contributed by atoms with van der Waals surface area (Å²) in [4.78, 5) is 10.2. The van der Waals surface area contributed by atoms with E-state index >= 15 is 0 Å². The van der Waals surface area contributed by atoms with Crippen molar-refractivity contribution < 1.29 is 5.11 Å². The molecule has 0 amide bonds. The molecule has 0 fully saturated rings. The van der Waals surface area contributed by atoms with Gasteiger partial charge in [-0.3, -0.25) is 0 Å². The van der Waals surface area contributed by atoms with Gasteiger partial charge < -0.3 is 15.7 Å². The van der Waals surface area contributed by atoms with Gasteiger partial charge in [0.25, 0.3) is 0 Å². The molecule has 0 aliphatic heterocycles. The highest BCUT2D eigenvalue weighted by Crippen LogP contribution is 2.05. The molecule has 1 heterocycles. The van der Waals surface area contributed by atoms with E-state index in [0.29, 0.717) is 18.2 Å². The molecule has 0 aliphatic rings. The molecule has 3 N–H and O–H groups in total. The Morgan fingerprint density at radius 1 is 1.73 bits per heavy atom. The van der Waals surface area contributed by atoms with Crippen LogP contribution in [0.2, 0.25) is 0 Å². The topological polar surface area (TPSA) is 75.3 Å². The zero-order chi connectivity index (χ0) is 11.4. The van der Waals surface area contributed by atoms with Crippen LogP contribution in [0.5, 0.6) is 0 Å². The van der Waals surface area contributed by atoms with Gasteiger partial charge >= 0.3 is 0 Å². The Balaban J connectivity index is 2.85. The van der Waals surface area contributed by atoms with Crippen molar-refractivity contribution >= 4 is 23.2 Å². The SMILES string of the molecule is CC(O)CN(C)c1nccc(C(N)=S)n1. The minimum absolute atomic E-state index is 0.240. The molecule has 1 aromatic rings. The Hall–Kier alpha value is -1.27. The Morgan fingerprint density at radius 2 is 2.40 bits per heavy atom. The maximum Gasteiger partial charge on any atom is 0.225 e. The molecule has 0 saturated carbocycles. The van der Waals surface area contributed by atoms with Crippen LogP contribution in [0.4, 0.5) is 5.95 Å². The van der Waals surface area contributed by atoms with Gasteiger partial charge in [-0.05, 0) is 13.0 Å². The van der Waals surface area contributed by atoms with Crippen molar-refractivity contribution in [3.8, 4) is 0 Å². The summed E-state index contributed by atoms with van der Waals surface area (Å²) in [7, 11) is 1.80. The zero-order valence-corrected chi connectivity index (χ0v) is 9.53. The molecule has 15 heavy (non-hydrogen) atoms. The molecular weight excluding hydrogens is 212 g/mol. The van der Waals surface area contributed by atoms with Crippen molar-refractivity contribution in [1.29, 1.82) is 0 Å². The van der Waals surface area contributed by atoms with Crippen molar-refractivity contribution in [2.75, 3.05) is 18.5 Å². The van der Waals surface area contributed by atoms with E-state index in [1.54, 1.807) is 31.1 Å². The molecule has 0 bridgehead atoms. The monoisotopic (exact) mass is 226 g/mol. The summed E-state index contributed by atoms with van der Waals surface area (Å²) in [5, 5.41) is 9.21. The lowest BCUT2D eigenvalue weighted by atomic mass is 10.4. The van der Waals surface area contributed by atoms with Crippen LogP contribution in [0, 0.1) is 0 Å². The van der Waals surface area contributed by atoms with Crippen LogP contribution in [0.1, 0.15) is 12.6 Å². The summed E-state index contributed by atoms with van der Waals surface area (Å²) in [6, 6.07) is 1.65. The van der Waals surface area contributed by atoms with Gasteiger partial charge in [-0.15, -0.1) is 0 Å². The lowest BCUT2D eigenvalue weighted by Gasteiger charge is -2.18. The molecule has 1 rings (SSSR count). The van der Waals surface area contributed by atoms with Gasteiger partial charge in [-0.25, -0.2) is 9.97 Å². The van der Waals surface area contributed by atoms with Gasteiger partial charge in [0.15, 0.2) is 0 Å². The van der Waals surface area contributed by atoms with E-state index < -0.39 is 6.10 Å². The first kappa shape index (κ1) is 11.8. The number of anilines is 1. The van der Waals surface area contributed by atoms with E-state index in [-0.39, 0.29) is 4.99 Å². The summed E-state index contributed by atoms with van der Waals surface area (Å²) in [5.74, 6) is 0.501. The fraction of sp³-hybridized carbons (Fsp3) is 0.444. The van der Waals surface area contributed by atoms with Crippen LogP contribution < -0.4 is 10.6 Å². The second kappa shape index (κ2) is 4.99. The molecule has 82 valence electrons. The Kier molecular flexibility index (Phi) is 3.93. The Morgan fingerprint density at radius 3 is 2.93 bits per heavy atom. The molecule has 0 spiro atoms. The van der Waals surface area contributed by atoms with Crippen LogP contribution in [-0.4, -0.2) is 39.8 Å². The number of nitrogens with two attached hydrogens (primary N) is 1. The van der Waals surface area contributed by atoms with E-state index in [2.05, 4.69) is 9.97 Å². The molecule has 0 aliphatic carbocycles.